The highest BCUT2D eigenvalue weighted by atomic mass is 32.2. The Kier molecular flexibility index (Phi) is 4.46. The molecule has 0 saturated heterocycles. The number of hydrogen-bond donors (Lipinski definition) is 1. The summed E-state index contributed by atoms with van der Waals surface area (Å²) >= 11 is 1.55. The number of benzene rings is 2. The molecule has 3 nitrogen and oxygen atoms in total. The highest BCUT2D eigenvalue weighted by Crippen LogP contribution is 2.27. The van der Waals surface area contributed by atoms with E-state index in [9.17, 15) is 4.79 Å². The number of amides is 1. The Labute approximate surface area is 128 Å². The van der Waals surface area contributed by atoms with Gasteiger partial charge < -0.3 is 10.1 Å². The lowest BCUT2D eigenvalue weighted by molar-refractivity contribution is -0.118. The molecule has 0 aromatic heterocycles. The summed E-state index contributed by atoms with van der Waals surface area (Å²) in [5, 5.41) is 2.94. The van der Waals surface area contributed by atoms with E-state index in [4.69, 9.17) is 4.74 Å². The van der Waals surface area contributed by atoms with Crippen molar-refractivity contribution in [1.82, 2.24) is 5.32 Å². The maximum Gasteiger partial charge on any atom is 0.230 e. The molecule has 4 heteroatoms. The molecule has 1 atom stereocenters. The number of ether oxygens (including phenoxy) is 1. The van der Waals surface area contributed by atoms with Gasteiger partial charge in [0.1, 0.15) is 11.9 Å². The minimum Gasteiger partial charge on any atom is -0.488 e. The average molecular weight is 299 g/mol. The first-order valence-corrected chi connectivity index (χ1v) is 7.99. The number of hydrogen-bond acceptors (Lipinski definition) is 3. The standard InChI is InChI=1S/C17H17NO2S/c19-17(12-21-15-7-2-1-3-8-15)18-11-14-10-13-6-4-5-9-16(13)20-14/h1-9,14H,10-12H2,(H,18,19). The lowest BCUT2D eigenvalue weighted by Crippen LogP contribution is -2.35. The van der Waals surface area contributed by atoms with Gasteiger partial charge in [0.15, 0.2) is 0 Å². The normalized spacial score (nSPS) is 16.1. The van der Waals surface area contributed by atoms with Crippen LogP contribution in [0, 0.1) is 0 Å². The summed E-state index contributed by atoms with van der Waals surface area (Å²) in [6, 6.07) is 18.0. The molecule has 0 saturated carbocycles. The van der Waals surface area contributed by atoms with Gasteiger partial charge in [-0.3, -0.25) is 4.79 Å². The van der Waals surface area contributed by atoms with Crippen LogP contribution in [-0.2, 0) is 11.2 Å². The zero-order valence-corrected chi connectivity index (χ0v) is 12.4. The van der Waals surface area contributed by atoms with E-state index in [0.29, 0.717) is 12.3 Å². The molecule has 21 heavy (non-hydrogen) atoms. The minimum atomic E-state index is 0.0448. The Morgan fingerprint density at radius 2 is 1.90 bits per heavy atom. The van der Waals surface area contributed by atoms with Gasteiger partial charge in [-0.15, -0.1) is 11.8 Å². The average Bonchev–Trinajstić information content (AvgIpc) is 2.95. The first-order chi connectivity index (χ1) is 10.3. The zero-order chi connectivity index (χ0) is 14.5. The Hall–Kier alpha value is -1.94. The Morgan fingerprint density at radius 3 is 2.71 bits per heavy atom. The Bertz CT molecular complexity index is 590. The van der Waals surface area contributed by atoms with E-state index in [-0.39, 0.29) is 12.0 Å². The zero-order valence-electron chi connectivity index (χ0n) is 11.6. The Balaban J connectivity index is 1.41. The summed E-state index contributed by atoms with van der Waals surface area (Å²) in [5.74, 6) is 1.42. The number of para-hydroxylation sites is 1. The van der Waals surface area contributed by atoms with Crippen molar-refractivity contribution in [2.45, 2.75) is 17.4 Å². The van der Waals surface area contributed by atoms with Gasteiger partial charge >= 0.3 is 0 Å². The third kappa shape index (κ3) is 3.79. The van der Waals surface area contributed by atoms with Crippen LogP contribution in [0.1, 0.15) is 5.56 Å². The molecule has 2 aromatic carbocycles. The maximum atomic E-state index is 11.9. The van der Waals surface area contributed by atoms with Gasteiger partial charge in [0.2, 0.25) is 5.91 Å². The van der Waals surface area contributed by atoms with Gasteiger partial charge in [-0.05, 0) is 23.8 Å². The maximum absolute atomic E-state index is 11.9. The molecule has 3 rings (SSSR count). The number of carbonyl (C=O) groups excluding carboxylic acids is 1. The second-order valence-electron chi connectivity index (χ2n) is 4.96. The molecule has 0 radical (unpaired) electrons. The molecular formula is C17H17NO2S. The molecule has 1 unspecified atom stereocenters. The minimum absolute atomic E-state index is 0.0448. The first-order valence-electron chi connectivity index (χ1n) is 7.00. The van der Waals surface area contributed by atoms with Crippen molar-refractivity contribution in [1.29, 1.82) is 0 Å². The molecule has 1 heterocycles. The van der Waals surface area contributed by atoms with E-state index < -0.39 is 0 Å². The van der Waals surface area contributed by atoms with Crippen LogP contribution < -0.4 is 10.1 Å². The van der Waals surface area contributed by atoms with Crippen molar-refractivity contribution in [3.8, 4) is 5.75 Å². The van der Waals surface area contributed by atoms with Gasteiger partial charge in [0, 0.05) is 11.3 Å². The van der Waals surface area contributed by atoms with E-state index >= 15 is 0 Å². The van der Waals surface area contributed by atoms with E-state index in [1.807, 2.05) is 48.5 Å². The molecular weight excluding hydrogens is 282 g/mol. The summed E-state index contributed by atoms with van der Waals surface area (Å²) in [7, 11) is 0. The summed E-state index contributed by atoms with van der Waals surface area (Å²) < 4.78 is 5.80. The molecule has 1 aliphatic heterocycles. The van der Waals surface area contributed by atoms with Crippen molar-refractivity contribution in [2.75, 3.05) is 12.3 Å². The molecule has 0 fully saturated rings. The number of nitrogens with one attached hydrogen (secondary N) is 1. The van der Waals surface area contributed by atoms with Gasteiger partial charge in [-0.25, -0.2) is 0 Å². The SMILES string of the molecule is O=C(CSc1ccccc1)NCC1Cc2ccccc2O1. The molecule has 2 aromatic rings. The second kappa shape index (κ2) is 6.68. The molecule has 1 amide bonds. The van der Waals surface area contributed by atoms with E-state index in [1.165, 1.54) is 5.56 Å². The largest absolute Gasteiger partial charge is 0.488 e. The summed E-state index contributed by atoms with van der Waals surface area (Å²) in [6.45, 7) is 0.558. The van der Waals surface area contributed by atoms with Crippen molar-refractivity contribution in [3.63, 3.8) is 0 Å². The number of carbonyl (C=O) groups is 1. The monoisotopic (exact) mass is 299 g/mol. The fraction of sp³-hybridized carbons (Fsp3) is 0.235. The predicted molar refractivity (Wildman–Crippen MR) is 84.7 cm³/mol. The Morgan fingerprint density at radius 1 is 1.14 bits per heavy atom. The number of rotatable bonds is 5. The second-order valence-corrected chi connectivity index (χ2v) is 6.01. The molecule has 1 aliphatic rings. The van der Waals surface area contributed by atoms with Gasteiger partial charge in [0.25, 0.3) is 0 Å². The van der Waals surface area contributed by atoms with E-state index in [1.54, 1.807) is 11.8 Å². The van der Waals surface area contributed by atoms with E-state index in [2.05, 4.69) is 11.4 Å². The van der Waals surface area contributed by atoms with Crippen LogP contribution in [0.25, 0.3) is 0 Å². The summed E-state index contributed by atoms with van der Waals surface area (Å²) in [4.78, 5) is 13.0. The third-order valence-corrected chi connectivity index (χ3v) is 4.37. The quantitative estimate of drug-likeness (QED) is 0.863. The number of thioether (sulfide) groups is 1. The lowest BCUT2D eigenvalue weighted by Gasteiger charge is -2.11. The highest BCUT2D eigenvalue weighted by Gasteiger charge is 2.22. The molecule has 0 bridgehead atoms. The van der Waals surface area contributed by atoms with Crippen LogP contribution in [0.3, 0.4) is 0 Å². The van der Waals surface area contributed by atoms with Crippen molar-refractivity contribution in [3.05, 3.63) is 60.2 Å². The van der Waals surface area contributed by atoms with Gasteiger partial charge in [0.05, 0.1) is 12.3 Å². The van der Waals surface area contributed by atoms with Gasteiger partial charge in [-0.1, -0.05) is 36.4 Å². The lowest BCUT2D eigenvalue weighted by atomic mass is 10.1. The molecule has 0 spiro atoms. The summed E-state index contributed by atoms with van der Waals surface area (Å²) in [6.07, 6.45) is 0.913. The molecule has 1 N–H and O–H groups in total. The fourth-order valence-electron chi connectivity index (χ4n) is 2.31. The van der Waals surface area contributed by atoms with Gasteiger partial charge in [-0.2, -0.15) is 0 Å². The highest BCUT2D eigenvalue weighted by molar-refractivity contribution is 8.00. The van der Waals surface area contributed by atoms with Crippen molar-refractivity contribution in [2.24, 2.45) is 0 Å². The topological polar surface area (TPSA) is 38.3 Å². The van der Waals surface area contributed by atoms with Crippen LogP contribution in [0.15, 0.2) is 59.5 Å². The first kappa shape index (κ1) is 14.0. The smallest absolute Gasteiger partial charge is 0.230 e. The number of fused-ring (bicyclic) bond motifs is 1. The third-order valence-electron chi connectivity index (χ3n) is 3.35. The van der Waals surface area contributed by atoms with Crippen LogP contribution in [-0.4, -0.2) is 24.3 Å². The molecule has 108 valence electrons. The van der Waals surface area contributed by atoms with Crippen LogP contribution in [0.5, 0.6) is 5.75 Å². The van der Waals surface area contributed by atoms with E-state index in [0.717, 1.165) is 17.1 Å². The van der Waals surface area contributed by atoms with Crippen LogP contribution in [0.4, 0.5) is 0 Å². The van der Waals surface area contributed by atoms with Crippen LogP contribution in [0.2, 0.25) is 0 Å². The fourth-order valence-corrected chi connectivity index (χ4v) is 3.06. The molecule has 0 aliphatic carbocycles. The predicted octanol–water partition coefficient (Wildman–Crippen LogP) is 2.90. The van der Waals surface area contributed by atoms with Crippen LogP contribution >= 0.6 is 11.8 Å². The van der Waals surface area contributed by atoms with Crippen molar-refractivity contribution < 1.29 is 9.53 Å². The summed E-state index contributed by atoms with van der Waals surface area (Å²) in [5.41, 5.74) is 1.22. The van der Waals surface area contributed by atoms with Crippen molar-refractivity contribution >= 4 is 17.7 Å².